The summed E-state index contributed by atoms with van der Waals surface area (Å²) in [6, 6.07) is 11.3. The highest BCUT2D eigenvalue weighted by Gasteiger charge is 2.10. The van der Waals surface area contributed by atoms with Gasteiger partial charge in [0.05, 0.1) is 12.1 Å². The highest BCUT2D eigenvalue weighted by atomic mass is 16.5. The molecule has 100 valence electrons. The van der Waals surface area contributed by atoms with Crippen molar-refractivity contribution in [3.05, 3.63) is 47.8 Å². The molecule has 0 radical (unpaired) electrons. The second-order valence-corrected chi connectivity index (χ2v) is 4.42. The fourth-order valence-corrected chi connectivity index (χ4v) is 1.84. The number of para-hydroxylation sites is 1. The van der Waals surface area contributed by atoms with E-state index in [1.54, 1.807) is 4.68 Å². The number of aromatic nitrogens is 2. The third-order valence-electron chi connectivity index (χ3n) is 2.91. The predicted molar refractivity (Wildman–Crippen MR) is 73.2 cm³/mol. The van der Waals surface area contributed by atoms with Gasteiger partial charge in [0.1, 0.15) is 12.4 Å². The first-order valence-electron chi connectivity index (χ1n) is 6.40. The van der Waals surface area contributed by atoms with Crippen LogP contribution in [0.2, 0.25) is 0 Å². The van der Waals surface area contributed by atoms with Crippen LogP contribution in [0.3, 0.4) is 0 Å². The van der Waals surface area contributed by atoms with E-state index < -0.39 is 0 Å². The molecule has 2 rings (SSSR count). The summed E-state index contributed by atoms with van der Waals surface area (Å²) >= 11 is 0. The van der Waals surface area contributed by atoms with E-state index in [1.165, 1.54) is 0 Å². The van der Waals surface area contributed by atoms with E-state index in [4.69, 9.17) is 4.74 Å². The summed E-state index contributed by atoms with van der Waals surface area (Å²) in [5.74, 6) is 0.768. The van der Waals surface area contributed by atoms with E-state index in [0.717, 1.165) is 23.6 Å². The molecule has 2 aromatic rings. The fourth-order valence-electron chi connectivity index (χ4n) is 1.84. The van der Waals surface area contributed by atoms with Crippen LogP contribution in [0.5, 0.6) is 5.75 Å². The number of carbonyl (C=O) groups is 1. The van der Waals surface area contributed by atoms with Gasteiger partial charge in [-0.2, -0.15) is 5.10 Å². The summed E-state index contributed by atoms with van der Waals surface area (Å²) in [6.07, 6.45) is 1.23. The molecule has 0 spiro atoms. The number of aryl methyl sites for hydroxylation is 2. The number of rotatable bonds is 6. The zero-order chi connectivity index (χ0) is 13.7. The van der Waals surface area contributed by atoms with Gasteiger partial charge in [0, 0.05) is 12.7 Å². The van der Waals surface area contributed by atoms with Crippen LogP contribution in [0.4, 0.5) is 0 Å². The van der Waals surface area contributed by atoms with Crippen molar-refractivity contribution in [3.8, 4) is 5.75 Å². The van der Waals surface area contributed by atoms with Gasteiger partial charge in [-0.3, -0.25) is 9.48 Å². The Hall–Kier alpha value is -2.10. The molecule has 0 saturated carbocycles. The van der Waals surface area contributed by atoms with Crippen molar-refractivity contribution in [1.29, 1.82) is 0 Å². The van der Waals surface area contributed by atoms with E-state index in [1.807, 2.05) is 50.4 Å². The highest BCUT2D eigenvalue weighted by molar-refractivity contribution is 5.82. The average Bonchev–Trinajstić information content (AvgIpc) is 2.78. The molecule has 0 atom stereocenters. The number of benzene rings is 1. The van der Waals surface area contributed by atoms with Gasteiger partial charge in [0.25, 0.3) is 0 Å². The van der Waals surface area contributed by atoms with E-state index in [-0.39, 0.29) is 12.4 Å². The molecule has 0 bridgehead atoms. The highest BCUT2D eigenvalue weighted by Crippen LogP contribution is 2.09. The molecule has 0 aliphatic carbocycles. The lowest BCUT2D eigenvalue weighted by Crippen LogP contribution is -2.15. The Morgan fingerprint density at radius 3 is 2.68 bits per heavy atom. The van der Waals surface area contributed by atoms with Crippen LogP contribution in [0.25, 0.3) is 0 Å². The quantitative estimate of drug-likeness (QED) is 0.797. The molecule has 0 N–H and O–H groups in total. The van der Waals surface area contributed by atoms with Crippen molar-refractivity contribution in [2.24, 2.45) is 7.05 Å². The normalized spacial score (nSPS) is 10.4. The Morgan fingerprint density at radius 1 is 1.32 bits per heavy atom. The van der Waals surface area contributed by atoms with Gasteiger partial charge in [-0.25, -0.2) is 0 Å². The molecule has 0 fully saturated rings. The van der Waals surface area contributed by atoms with Crippen LogP contribution in [0.15, 0.2) is 36.4 Å². The fraction of sp³-hybridized carbons (Fsp3) is 0.333. The molecule has 1 aromatic heterocycles. The lowest BCUT2D eigenvalue weighted by molar-refractivity contribution is -0.120. The molecule has 4 nitrogen and oxygen atoms in total. The Bertz CT molecular complexity index is 547. The lowest BCUT2D eigenvalue weighted by atomic mass is 10.2. The Balaban J connectivity index is 1.89. The third kappa shape index (κ3) is 3.68. The first-order valence-corrected chi connectivity index (χ1v) is 6.40. The molecule has 4 heteroatoms. The zero-order valence-electron chi connectivity index (χ0n) is 11.3. The van der Waals surface area contributed by atoms with Gasteiger partial charge in [0.2, 0.25) is 0 Å². The zero-order valence-corrected chi connectivity index (χ0v) is 11.3. The van der Waals surface area contributed by atoms with Crippen molar-refractivity contribution in [2.75, 3.05) is 6.61 Å². The van der Waals surface area contributed by atoms with Crippen molar-refractivity contribution in [2.45, 2.75) is 19.8 Å². The number of ketones is 1. The minimum absolute atomic E-state index is 0.0505. The molecular weight excluding hydrogens is 240 g/mol. The topological polar surface area (TPSA) is 44.1 Å². The van der Waals surface area contributed by atoms with Crippen molar-refractivity contribution >= 4 is 5.78 Å². The molecule has 1 aromatic carbocycles. The number of hydrogen-bond donors (Lipinski definition) is 0. The maximum Gasteiger partial charge on any atom is 0.176 e. The second kappa shape index (κ2) is 6.18. The molecule has 1 heterocycles. The predicted octanol–water partition coefficient (Wildman–Crippen LogP) is 2.17. The van der Waals surface area contributed by atoms with Crippen LogP contribution in [-0.2, 0) is 24.7 Å². The lowest BCUT2D eigenvalue weighted by Gasteiger charge is -2.05. The molecule has 0 amide bonds. The van der Waals surface area contributed by atoms with Crippen molar-refractivity contribution in [1.82, 2.24) is 9.78 Å². The molecule has 0 unspecified atom stereocenters. The van der Waals surface area contributed by atoms with Gasteiger partial charge in [-0.15, -0.1) is 0 Å². The molecule has 19 heavy (non-hydrogen) atoms. The monoisotopic (exact) mass is 258 g/mol. The number of Topliss-reactive ketones (excluding diaryl/α,β-unsaturated/α-hetero) is 1. The van der Waals surface area contributed by atoms with E-state index in [9.17, 15) is 4.79 Å². The van der Waals surface area contributed by atoms with E-state index in [0.29, 0.717) is 6.42 Å². The summed E-state index contributed by atoms with van der Waals surface area (Å²) in [5.41, 5.74) is 1.94. The summed E-state index contributed by atoms with van der Waals surface area (Å²) in [4.78, 5) is 11.9. The van der Waals surface area contributed by atoms with Gasteiger partial charge < -0.3 is 4.74 Å². The minimum atomic E-state index is 0.0505. The number of carbonyl (C=O) groups excluding carboxylic acids is 1. The number of nitrogens with zero attached hydrogens (tertiary/aromatic N) is 2. The molecular formula is C15H18N2O2. The summed E-state index contributed by atoms with van der Waals surface area (Å²) < 4.78 is 7.20. The summed E-state index contributed by atoms with van der Waals surface area (Å²) in [7, 11) is 1.86. The van der Waals surface area contributed by atoms with Gasteiger partial charge in [-0.05, 0) is 24.6 Å². The Morgan fingerprint density at radius 2 is 2.05 bits per heavy atom. The van der Waals surface area contributed by atoms with E-state index in [2.05, 4.69) is 5.10 Å². The first kappa shape index (κ1) is 13.3. The largest absolute Gasteiger partial charge is 0.486 e. The van der Waals surface area contributed by atoms with Crippen LogP contribution < -0.4 is 4.74 Å². The molecule has 0 saturated heterocycles. The van der Waals surface area contributed by atoms with Gasteiger partial charge in [-0.1, -0.05) is 25.1 Å². The maximum absolute atomic E-state index is 11.9. The SMILES string of the molecule is CCc1cc(CC(=O)COc2ccccc2)n(C)n1. The first-order chi connectivity index (χ1) is 9.19. The summed E-state index contributed by atoms with van der Waals surface area (Å²) in [5, 5.41) is 4.32. The van der Waals surface area contributed by atoms with Crippen molar-refractivity contribution in [3.63, 3.8) is 0 Å². The maximum atomic E-state index is 11.9. The van der Waals surface area contributed by atoms with Crippen LogP contribution in [-0.4, -0.2) is 22.2 Å². The van der Waals surface area contributed by atoms with E-state index >= 15 is 0 Å². The second-order valence-electron chi connectivity index (χ2n) is 4.42. The Kier molecular flexibility index (Phi) is 4.34. The smallest absolute Gasteiger partial charge is 0.176 e. The third-order valence-corrected chi connectivity index (χ3v) is 2.91. The van der Waals surface area contributed by atoms with Crippen LogP contribution in [0.1, 0.15) is 18.3 Å². The van der Waals surface area contributed by atoms with Crippen LogP contribution >= 0.6 is 0 Å². The standard InChI is InChI=1S/C15H18N2O2/c1-3-12-9-13(17(2)16-12)10-14(18)11-19-15-7-5-4-6-8-15/h4-9H,3,10-11H2,1-2H3. The Labute approximate surface area is 113 Å². The summed E-state index contributed by atoms with van der Waals surface area (Å²) in [6.45, 7) is 2.14. The van der Waals surface area contributed by atoms with Crippen LogP contribution in [0, 0.1) is 0 Å². The average molecular weight is 258 g/mol. The van der Waals surface area contributed by atoms with Crippen molar-refractivity contribution < 1.29 is 9.53 Å². The number of ether oxygens (including phenoxy) is 1. The molecule has 0 aliphatic heterocycles. The van der Waals surface area contributed by atoms with Gasteiger partial charge in [0.15, 0.2) is 5.78 Å². The van der Waals surface area contributed by atoms with Gasteiger partial charge >= 0.3 is 0 Å². The number of hydrogen-bond acceptors (Lipinski definition) is 3. The minimum Gasteiger partial charge on any atom is -0.486 e. The molecule has 0 aliphatic rings.